The van der Waals surface area contributed by atoms with E-state index in [1.54, 1.807) is 0 Å². The SMILES string of the molecule is Fc1ccc(F)c(NC2C3CC4CC(C3)CC2C4)c1. The minimum Gasteiger partial charge on any atom is -0.379 e. The van der Waals surface area contributed by atoms with Gasteiger partial charge in [0.15, 0.2) is 0 Å². The lowest BCUT2D eigenvalue weighted by molar-refractivity contribution is 0.00743. The molecule has 4 aliphatic carbocycles. The molecule has 4 saturated carbocycles. The topological polar surface area (TPSA) is 12.0 Å². The summed E-state index contributed by atoms with van der Waals surface area (Å²) in [5, 5.41) is 3.32. The molecule has 0 atom stereocenters. The zero-order chi connectivity index (χ0) is 13.0. The average molecular weight is 263 g/mol. The van der Waals surface area contributed by atoms with Gasteiger partial charge in [-0.2, -0.15) is 0 Å². The van der Waals surface area contributed by atoms with E-state index < -0.39 is 0 Å². The monoisotopic (exact) mass is 263 g/mol. The van der Waals surface area contributed by atoms with Crippen LogP contribution in [0.25, 0.3) is 0 Å². The minimum atomic E-state index is -0.368. The van der Waals surface area contributed by atoms with Crippen molar-refractivity contribution < 1.29 is 8.78 Å². The van der Waals surface area contributed by atoms with Crippen LogP contribution >= 0.6 is 0 Å². The zero-order valence-corrected chi connectivity index (χ0v) is 10.9. The van der Waals surface area contributed by atoms with E-state index in [1.165, 1.54) is 50.3 Å². The lowest BCUT2D eigenvalue weighted by atomic mass is 9.54. The van der Waals surface area contributed by atoms with E-state index in [4.69, 9.17) is 0 Å². The summed E-state index contributed by atoms with van der Waals surface area (Å²) in [6, 6.07) is 4.04. The molecule has 0 saturated heterocycles. The van der Waals surface area contributed by atoms with Gasteiger partial charge in [-0.3, -0.25) is 0 Å². The molecular weight excluding hydrogens is 244 g/mol. The van der Waals surface area contributed by atoms with Gasteiger partial charge in [-0.1, -0.05) is 0 Å². The molecule has 102 valence electrons. The first kappa shape index (κ1) is 11.7. The van der Waals surface area contributed by atoms with Crippen molar-refractivity contribution in [2.24, 2.45) is 23.7 Å². The van der Waals surface area contributed by atoms with Gasteiger partial charge >= 0.3 is 0 Å². The highest BCUT2D eigenvalue weighted by Gasteiger charge is 2.48. The van der Waals surface area contributed by atoms with Gasteiger partial charge in [0.25, 0.3) is 0 Å². The van der Waals surface area contributed by atoms with Crippen molar-refractivity contribution in [3.63, 3.8) is 0 Å². The van der Waals surface area contributed by atoms with Crippen LogP contribution in [-0.2, 0) is 0 Å². The fraction of sp³-hybridized carbons (Fsp3) is 0.625. The summed E-state index contributed by atoms with van der Waals surface area (Å²) in [5.41, 5.74) is 0.345. The maximum absolute atomic E-state index is 13.8. The molecule has 5 rings (SSSR count). The molecule has 0 amide bonds. The predicted molar refractivity (Wildman–Crippen MR) is 70.8 cm³/mol. The largest absolute Gasteiger partial charge is 0.379 e. The Morgan fingerprint density at radius 2 is 1.53 bits per heavy atom. The third-order valence-corrected chi connectivity index (χ3v) is 5.48. The molecule has 0 unspecified atom stereocenters. The maximum Gasteiger partial charge on any atom is 0.146 e. The molecule has 1 aromatic rings. The van der Waals surface area contributed by atoms with E-state index in [2.05, 4.69) is 5.32 Å². The van der Waals surface area contributed by atoms with Gasteiger partial charge in [-0.05, 0) is 74.0 Å². The lowest BCUT2D eigenvalue weighted by Gasteiger charge is -2.54. The van der Waals surface area contributed by atoms with Crippen molar-refractivity contribution in [3.05, 3.63) is 29.8 Å². The quantitative estimate of drug-likeness (QED) is 0.843. The molecule has 4 fully saturated rings. The van der Waals surface area contributed by atoms with Crippen LogP contribution in [0.3, 0.4) is 0 Å². The highest BCUT2D eigenvalue weighted by atomic mass is 19.1. The van der Waals surface area contributed by atoms with Crippen molar-refractivity contribution >= 4 is 5.69 Å². The van der Waals surface area contributed by atoms with Gasteiger partial charge in [0.05, 0.1) is 5.69 Å². The van der Waals surface area contributed by atoms with E-state index in [1.807, 2.05) is 0 Å². The number of rotatable bonds is 2. The Morgan fingerprint density at radius 1 is 0.895 bits per heavy atom. The Kier molecular flexibility index (Phi) is 2.58. The molecule has 1 aromatic carbocycles. The number of halogens is 2. The van der Waals surface area contributed by atoms with Crippen LogP contribution in [-0.4, -0.2) is 6.04 Å². The second-order valence-corrected chi connectivity index (χ2v) is 6.73. The minimum absolute atomic E-state index is 0.338. The number of benzene rings is 1. The predicted octanol–water partition coefficient (Wildman–Crippen LogP) is 4.20. The van der Waals surface area contributed by atoms with E-state index in [9.17, 15) is 8.78 Å². The second kappa shape index (κ2) is 4.19. The van der Waals surface area contributed by atoms with E-state index >= 15 is 0 Å². The third kappa shape index (κ3) is 1.94. The molecular formula is C16H19F2N. The van der Waals surface area contributed by atoms with Crippen LogP contribution in [0.2, 0.25) is 0 Å². The number of hydrogen-bond donors (Lipinski definition) is 1. The second-order valence-electron chi connectivity index (χ2n) is 6.73. The Balaban J connectivity index is 1.58. The molecule has 0 aliphatic heterocycles. The molecule has 0 heterocycles. The molecule has 4 aliphatic rings. The van der Waals surface area contributed by atoms with Crippen molar-refractivity contribution in [2.75, 3.05) is 5.32 Å². The van der Waals surface area contributed by atoms with Gasteiger partial charge in [-0.15, -0.1) is 0 Å². The smallest absolute Gasteiger partial charge is 0.146 e. The zero-order valence-electron chi connectivity index (χ0n) is 10.9. The summed E-state index contributed by atoms with van der Waals surface area (Å²) in [5.74, 6) is 2.43. The summed E-state index contributed by atoms with van der Waals surface area (Å²) >= 11 is 0. The summed E-state index contributed by atoms with van der Waals surface area (Å²) in [6.07, 6.45) is 6.53. The van der Waals surface area contributed by atoms with Crippen molar-refractivity contribution in [3.8, 4) is 0 Å². The third-order valence-electron chi connectivity index (χ3n) is 5.48. The number of hydrogen-bond acceptors (Lipinski definition) is 1. The summed E-state index contributed by atoms with van der Waals surface area (Å²) in [7, 11) is 0. The molecule has 19 heavy (non-hydrogen) atoms. The molecule has 1 N–H and O–H groups in total. The molecule has 0 spiro atoms. The highest BCUT2D eigenvalue weighted by molar-refractivity contribution is 5.46. The summed E-state index contributed by atoms with van der Waals surface area (Å²) < 4.78 is 27.0. The van der Waals surface area contributed by atoms with Crippen molar-refractivity contribution in [2.45, 2.75) is 38.1 Å². The first-order valence-corrected chi connectivity index (χ1v) is 7.40. The van der Waals surface area contributed by atoms with Crippen LogP contribution in [0, 0.1) is 35.3 Å². The van der Waals surface area contributed by atoms with Crippen LogP contribution in [0.5, 0.6) is 0 Å². The Labute approximate surface area is 112 Å². The Morgan fingerprint density at radius 3 is 2.16 bits per heavy atom. The summed E-state index contributed by atoms with van der Waals surface area (Å²) in [6.45, 7) is 0. The fourth-order valence-corrected chi connectivity index (χ4v) is 4.95. The molecule has 1 nitrogen and oxygen atoms in total. The van der Waals surface area contributed by atoms with Crippen LogP contribution in [0.15, 0.2) is 18.2 Å². The van der Waals surface area contributed by atoms with Gasteiger partial charge in [0, 0.05) is 6.04 Å². The average Bonchev–Trinajstić information content (AvgIpc) is 2.37. The van der Waals surface area contributed by atoms with Gasteiger partial charge in [0.2, 0.25) is 0 Å². The van der Waals surface area contributed by atoms with Crippen LogP contribution < -0.4 is 5.32 Å². The Hall–Kier alpha value is -1.12. The number of anilines is 1. The fourth-order valence-electron chi connectivity index (χ4n) is 4.95. The van der Waals surface area contributed by atoms with Crippen molar-refractivity contribution in [1.29, 1.82) is 0 Å². The first-order valence-electron chi connectivity index (χ1n) is 7.40. The Bertz CT molecular complexity index is 472. The normalized spacial score (nSPS) is 39.6. The lowest BCUT2D eigenvalue weighted by Crippen LogP contribution is -2.51. The molecule has 0 radical (unpaired) electrons. The molecule has 3 heteroatoms. The van der Waals surface area contributed by atoms with Gasteiger partial charge in [0.1, 0.15) is 11.6 Å². The molecule has 4 bridgehead atoms. The number of nitrogens with one attached hydrogen (secondary N) is 1. The van der Waals surface area contributed by atoms with E-state index in [0.29, 0.717) is 23.6 Å². The standard InChI is InChI=1S/C16H19F2N/c17-13-1-2-14(18)15(8-13)19-16-11-4-9-3-10(6-11)7-12(16)5-9/h1-2,8-12,16,19H,3-7H2. The van der Waals surface area contributed by atoms with Gasteiger partial charge < -0.3 is 5.32 Å². The van der Waals surface area contributed by atoms with Crippen molar-refractivity contribution in [1.82, 2.24) is 0 Å². The maximum atomic E-state index is 13.8. The highest BCUT2D eigenvalue weighted by Crippen LogP contribution is 2.54. The van der Waals surface area contributed by atoms with Gasteiger partial charge in [-0.25, -0.2) is 8.78 Å². The van der Waals surface area contributed by atoms with E-state index in [0.717, 1.165) is 11.8 Å². The van der Waals surface area contributed by atoms with Crippen LogP contribution in [0.4, 0.5) is 14.5 Å². The van der Waals surface area contributed by atoms with E-state index in [-0.39, 0.29) is 11.6 Å². The summed E-state index contributed by atoms with van der Waals surface area (Å²) in [4.78, 5) is 0. The van der Waals surface area contributed by atoms with Crippen LogP contribution in [0.1, 0.15) is 32.1 Å². The molecule has 0 aromatic heterocycles. The first-order chi connectivity index (χ1) is 9.19.